The molecule has 2 aromatic rings. The molecule has 7 heteroatoms. The van der Waals surface area contributed by atoms with Gasteiger partial charge in [-0.25, -0.2) is 4.98 Å². The van der Waals surface area contributed by atoms with E-state index in [2.05, 4.69) is 14.9 Å². The maximum atomic E-state index is 12.1. The zero-order valence-corrected chi connectivity index (χ0v) is 15.0. The Morgan fingerprint density at radius 1 is 1.39 bits per heavy atom. The van der Waals surface area contributed by atoms with E-state index in [4.69, 9.17) is 16.3 Å². The molecule has 23 heavy (non-hydrogen) atoms. The summed E-state index contributed by atoms with van der Waals surface area (Å²) in [5.41, 5.74) is 2.68. The van der Waals surface area contributed by atoms with Gasteiger partial charge in [0, 0.05) is 19.3 Å². The molecular weight excluding hydrogens is 334 g/mol. The van der Waals surface area contributed by atoms with Crippen molar-refractivity contribution >= 4 is 35.0 Å². The maximum absolute atomic E-state index is 12.1. The second-order valence-electron chi connectivity index (χ2n) is 5.03. The average Bonchev–Trinajstić information content (AvgIpc) is 2.80. The minimum Gasteiger partial charge on any atom is -0.383 e. The molecule has 5 nitrogen and oxygen atoms in total. The van der Waals surface area contributed by atoms with Crippen LogP contribution in [-0.4, -0.2) is 34.9 Å². The highest BCUT2D eigenvalue weighted by molar-refractivity contribution is 7.99. The first kappa shape index (κ1) is 17.8. The molecule has 1 heterocycles. The van der Waals surface area contributed by atoms with Gasteiger partial charge in [0.15, 0.2) is 5.16 Å². The van der Waals surface area contributed by atoms with Crippen LogP contribution in [0.2, 0.25) is 5.02 Å². The number of ether oxygens (including phenoxy) is 1. The van der Waals surface area contributed by atoms with Crippen LogP contribution in [0.4, 0.5) is 5.69 Å². The molecule has 0 radical (unpaired) electrons. The lowest BCUT2D eigenvalue weighted by Gasteiger charge is -2.10. The summed E-state index contributed by atoms with van der Waals surface area (Å²) in [4.78, 5) is 16.6. The van der Waals surface area contributed by atoms with E-state index in [1.54, 1.807) is 19.2 Å². The van der Waals surface area contributed by atoms with E-state index in [1.165, 1.54) is 11.8 Å². The number of thioether (sulfide) groups is 1. The molecule has 1 N–H and O–H groups in total. The zero-order chi connectivity index (χ0) is 16.8. The number of halogens is 1. The number of benzene rings is 1. The lowest BCUT2D eigenvalue weighted by Crippen LogP contribution is -2.15. The van der Waals surface area contributed by atoms with Crippen LogP contribution < -0.4 is 5.32 Å². The van der Waals surface area contributed by atoms with Crippen molar-refractivity contribution < 1.29 is 9.53 Å². The van der Waals surface area contributed by atoms with E-state index in [0.29, 0.717) is 17.3 Å². The van der Waals surface area contributed by atoms with Crippen molar-refractivity contribution in [3.05, 3.63) is 40.7 Å². The second-order valence-corrected chi connectivity index (χ2v) is 6.38. The van der Waals surface area contributed by atoms with Crippen molar-refractivity contribution in [2.24, 2.45) is 0 Å². The van der Waals surface area contributed by atoms with E-state index >= 15 is 0 Å². The SMILES string of the molecule is COCCn1c(SCC(=O)Nc2ccccc2Cl)nc(C)c1C. The van der Waals surface area contributed by atoms with Crippen molar-refractivity contribution in [1.82, 2.24) is 9.55 Å². The van der Waals surface area contributed by atoms with Gasteiger partial charge >= 0.3 is 0 Å². The molecule has 2 rings (SSSR count). The normalized spacial score (nSPS) is 10.8. The highest BCUT2D eigenvalue weighted by Gasteiger charge is 2.13. The summed E-state index contributed by atoms with van der Waals surface area (Å²) in [6.45, 7) is 5.31. The van der Waals surface area contributed by atoms with E-state index in [9.17, 15) is 4.79 Å². The lowest BCUT2D eigenvalue weighted by molar-refractivity contribution is -0.113. The van der Waals surface area contributed by atoms with Gasteiger partial charge in [0.25, 0.3) is 0 Å². The third kappa shape index (κ3) is 4.73. The molecule has 0 saturated carbocycles. The number of amides is 1. The Morgan fingerprint density at radius 2 is 2.13 bits per heavy atom. The number of anilines is 1. The maximum Gasteiger partial charge on any atom is 0.234 e. The van der Waals surface area contributed by atoms with Gasteiger partial charge in [-0.3, -0.25) is 4.79 Å². The number of carbonyl (C=O) groups excluding carboxylic acids is 1. The molecule has 1 aromatic heterocycles. The summed E-state index contributed by atoms with van der Waals surface area (Å²) >= 11 is 7.45. The van der Waals surface area contributed by atoms with Crippen LogP contribution in [0.25, 0.3) is 0 Å². The molecular formula is C16H20ClN3O2S. The van der Waals surface area contributed by atoms with Gasteiger partial charge in [0.2, 0.25) is 5.91 Å². The van der Waals surface area contributed by atoms with Gasteiger partial charge in [-0.1, -0.05) is 35.5 Å². The van der Waals surface area contributed by atoms with Gasteiger partial charge in [-0.15, -0.1) is 0 Å². The molecule has 0 aliphatic rings. The van der Waals surface area contributed by atoms with Crippen molar-refractivity contribution in [2.75, 3.05) is 24.8 Å². The molecule has 1 aromatic carbocycles. The summed E-state index contributed by atoms with van der Waals surface area (Å²) < 4.78 is 7.21. The van der Waals surface area contributed by atoms with E-state index in [1.807, 2.05) is 26.0 Å². The van der Waals surface area contributed by atoms with Gasteiger partial charge in [0.1, 0.15) is 0 Å². The zero-order valence-electron chi connectivity index (χ0n) is 13.4. The number of rotatable bonds is 7. The standard InChI is InChI=1S/C16H20ClN3O2S/c1-11-12(2)20(8-9-22-3)16(18-11)23-10-15(21)19-14-7-5-4-6-13(14)17/h4-7H,8-10H2,1-3H3,(H,19,21). The van der Waals surface area contributed by atoms with Crippen molar-refractivity contribution in [1.29, 1.82) is 0 Å². The number of hydrogen-bond donors (Lipinski definition) is 1. The molecule has 0 aliphatic heterocycles. The lowest BCUT2D eigenvalue weighted by atomic mass is 10.3. The van der Waals surface area contributed by atoms with Gasteiger partial charge in [0.05, 0.1) is 28.8 Å². The number of aromatic nitrogens is 2. The molecule has 1 amide bonds. The Labute approximate surface area is 145 Å². The summed E-state index contributed by atoms with van der Waals surface area (Å²) in [6, 6.07) is 7.18. The summed E-state index contributed by atoms with van der Waals surface area (Å²) in [7, 11) is 1.67. The first-order valence-corrected chi connectivity index (χ1v) is 8.59. The number of para-hydroxylation sites is 1. The Kier molecular flexibility index (Phi) is 6.50. The van der Waals surface area contributed by atoms with Crippen LogP contribution in [0, 0.1) is 13.8 Å². The first-order valence-electron chi connectivity index (χ1n) is 7.22. The minimum absolute atomic E-state index is 0.111. The van der Waals surface area contributed by atoms with E-state index < -0.39 is 0 Å². The number of aryl methyl sites for hydroxylation is 1. The van der Waals surface area contributed by atoms with Crippen LogP contribution >= 0.6 is 23.4 Å². The second kappa shape index (κ2) is 8.38. The molecule has 0 saturated heterocycles. The van der Waals surface area contributed by atoms with Crippen LogP contribution in [0.1, 0.15) is 11.4 Å². The molecule has 0 unspecified atom stereocenters. The fourth-order valence-corrected chi connectivity index (χ4v) is 3.16. The number of nitrogens with one attached hydrogen (secondary N) is 1. The Bertz CT molecular complexity index is 688. The predicted octanol–water partition coefficient (Wildman–Crippen LogP) is 3.53. The Balaban J connectivity index is 1.99. The van der Waals surface area contributed by atoms with E-state index in [0.717, 1.165) is 23.1 Å². The topological polar surface area (TPSA) is 56.1 Å². The Morgan fingerprint density at radius 3 is 2.83 bits per heavy atom. The fourth-order valence-electron chi connectivity index (χ4n) is 2.06. The quantitative estimate of drug-likeness (QED) is 0.774. The number of nitrogens with zero attached hydrogens (tertiary/aromatic N) is 2. The van der Waals surface area contributed by atoms with Gasteiger partial charge in [-0.05, 0) is 26.0 Å². The van der Waals surface area contributed by atoms with Crippen molar-refractivity contribution in [3.63, 3.8) is 0 Å². The molecule has 0 spiro atoms. The monoisotopic (exact) mass is 353 g/mol. The third-order valence-corrected chi connectivity index (χ3v) is 4.73. The van der Waals surface area contributed by atoms with Crippen LogP contribution in [0.3, 0.4) is 0 Å². The molecule has 0 aliphatic carbocycles. The van der Waals surface area contributed by atoms with Crippen LogP contribution in [0.5, 0.6) is 0 Å². The highest BCUT2D eigenvalue weighted by atomic mass is 35.5. The van der Waals surface area contributed by atoms with Gasteiger partial charge < -0.3 is 14.6 Å². The average molecular weight is 354 g/mol. The number of carbonyl (C=O) groups is 1. The number of hydrogen-bond acceptors (Lipinski definition) is 4. The van der Waals surface area contributed by atoms with Crippen LogP contribution in [0.15, 0.2) is 29.4 Å². The Hall–Kier alpha value is -1.50. The molecule has 0 atom stereocenters. The predicted molar refractivity (Wildman–Crippen MR) is 94.4 cm³/mol. The highest BCUT2D eigenvalue weighted by Crippen LogP contribution is 2.23. The van der Waals surface area contributed by atoms with Crippen molar-refractivity contribution in [2.45, 2.75) is 25.5 Å². The largest absolute Gasteiger partial charge is 0.383 e. The van der Waals surface area contributed by atoms with E-state index in [-0.39, 0.29) is 11.7 Å². The van der Waals surface area contributed by atoms with Crippen LogP contribution in [-0.2, 0) is 16.1 Å². The summed E-state index contributed by atoms with van der Waals surface area (Å²) in [6.07, 6.45) is 0. The third-order valence-electron chi connectivity index (χ3n) is 3.42. The molecule has 124 valence electrons. The number of methoxy groups -OCH3 is 1. The molecule has 0 fully saturated rings. The fraction of sp³-hybridized carbons (Fsp3) is 0.375. The van der Waals surface area contributed by atoms with Crippen molar-refractivity contribution in [3.8, 4) is 0 Å². The summed E-state index contributed by atoms with van der Waals surface area (Å²) in [5.74, 6) is 0.161. The minimum atomic E-state index is -0.111. The molecule has 0 bridgehead atoms. The number of imidazole rings is 1. The summed E-state index contributed by atoms with van der Waals surface area (Å²) in [5, 5.41) is 4.16. The first-order chi connectivity index (χ1) is 11.0. The smallest absolute Gasteiger partial charge is 0.234 e. The van der Waals surface area contributed by atoms with Gasteiger partial charge in [-0.2, -0.15) is 0 Å².